The van der Waals surface area contributed by atoms with Crippen LogP contribution in [0.5, 0.6) is 0 Å². The number of fused-ring (bicyclic) bond motifs is 8. The van der Waals surface area contributed by atoms with Crippen molar-refractivity contribution in [1.29, 1.82) is 0 Å². The molecule has 1 aliphatic rings. The zero-order chi connectivity index (χ0) is 40.7. The number of hydrogen-bond acceptors (Lipinski definition) is 2. The molecule has 1 aliphatic carbocycles. The van der Waals surface area contributed by atoms with Crippen molar-refractivity contribution in [3.05, 3.63) is 223 Å². The SMILES string of the molecule is CC1(C)c2ccccc2-c2ccc(N(c3ccc4c(c3)oc3ccccc34)c3c(-c4ccccc4)cc(-c4cccc5ccccc45)cc3-c3ccc4ccccc4c3)cc21. The highest BCUT2D eigenvalue weighted by molar-refractivity contribution is 6.08. The summed E-state index contributed by atoms with van der Waals surface area (Å²) in [4.78, 5) is 2.49. The van der Waals surface area contributed by atoms with Gasteiger partial charge in [0.05, 0.1) is 5.69 Å². The molecule has 1 aromatic heterocycles. The zero-order valence-electron chi connectivity index (χ0n) is 34.1. The molecule has 0 aliphatic heterocycles. The molecule has 0 N–H and O–H groups in total. The molecule has 0 fully saturated rings. The van der Waals surface area contributed by atoms with Crippen LogP contribution in [0, 0.1) is 0 Å². The summed E-state index contributed by atoms with van der Waals surface area (Å²) in [6.45, 7) is 4.72. The Labute approximate surface area is 355 Å². The number of hydrogen-bond donors (Lipinski definition) is 0. The molecule has 0 radical (unpaired) electrons. The summed E-state index contributed by atoms with van der Waals surface area (Å²) in [5.41, 5.74) is 17.0. The molecular formula is C59H41NO. The molecule has 12 rings (SSSR count). The third kappa shape index (κ3) is 5.64. The Morgan fingerprint density at radius 1 is 0.344 bits per heavy atom. The molecule has 61 heavy (non-hydrogen) atoms. The summed E-state index contributed by atoms with van der Waals surface area (Å²) in [7, 11) is 0. The van der Waals surface area contributed by atoms with Gasteiger partial charge in [-0.2, -0.15) is 0 Å². The van der Waals surface area contributed by atoms with Crippen molar-refractivity contribution in [3.63, 3.8) is 0 Å². The quantitative estimate of drug-likeness (QED) is 0.167. The summed E-state index contributed by atoms with van der Waals surface area (Å²) in [5, 5.41) is 7.10. The maximum atomic E-state index is 6.63. The first kappa shape index (κ1) is 35.3. The van der Waals surface area contributed by atoms with E-state index in [4.69, 9.17) is 4.42 Å². The summed E-state index contributed by atoms with van der Waals surface area (Å²) < 4.78 is 6.63. The minimum Gasteiger partial charge on any atom is -0.456 e. The van der Waals surface area contributed by atoms with E-state index < -0.39 is 0 Å². The summed E-state index contributed by atoms with van der Waals surface area (Å²) in [6, 6.07) is 77.8. The minimum absolute atomic E-state index is 0.183. The Bertz CT molecular complexity index is 3510. The van der Waals surface area contributed by atoms with Crippen molar-refractivity contribution in [3.8, 4) is 44.5 Å². The van der Waals surface area contributed by atoms with Crippen LogP contribution in [-0.2, 0) is 5.41 Å². The number of para-hydroxylation sites is 1. The van der Waals surface area contributed by atoms with Crippen LogP contribution in [0.15, 0.2) is 217 Å². The van der Waals surface area contributed by atoms with Crippen LogP contribution in [0.1, 0.15) is 25.0 Å². The zero-order valence-corrected chi connectivity index (χ0v) is 34.1. The fraction of sp³-hybridized carbons (Fsp3) is 0.0508. The van der Waals surface area contributed by atoms with Gasteiger partial charge in [0.15, 0.2) is 0 Å². The first-order valence-electron chi connectivity index (χ1n) is 21.2. The molecule has 2 nitrogen and oxygen atoms in total. The van der Waals surface area contributed by atoms with E-state index in [1.165, 1.54) is 54.9 Å². The highest BCUT2D eigenvalue weighted by Crippen LogP contribution is 2.54. The van der Waals surface area contributed by atoms with E-state index in [1.807, 2.05) is 6.07 Å². The lowest BCUT2D eigenvalue weighted by Gasteiger charge is -2.32. The molecule has 2 heteroatoms. The van der Waals surface area contributed by atoms with Crippen LogP contribution in [0.2, 0.25) is 0 Å². The standard InChI is InChI=1S/C59H41NO/c1-59(2)54-25-12-10-22-48(54)49-31-29-44(36-55(49)59)60(45-30-32-51-50-23-11-13-26-56(50)61-57(51)37-45)58-52(40-16-4-3-5-17-40)34-43(47-24-14-20-39-18-8-9-21-46(39)47)35-53(58)42-28-27-38-15-6-7-19-41(38)33-42/h3-37H,1-2H3. The summed E-state index contributed by atoms with van der Waals surface area (Å²) in [6.07, 6.45) is 0. The van der Waals surface area contributed by atoms with Gasteiger partial charge in [-0.15, -0.1) is 0 Å². The van der Waals surface area contributed by atoms with E-state index in [2.05, 4.69) is 225 Å². The number of rotatable bonds is 6. The molecule has 0 unspecified atom stereocenters. The normalized spacial score (nSPS) is 12.9. The number of anilines is 3. The van der Waals surface area contributed by atoms with Crippen LogP contribution in [0.3, 0.4) is 0 Å². The topological polar surface area (TPSA) is 16.4 Å². The summed E-state index contributed by atoms with van der Waals surface area (Å²) in [5.74, 6) is 0. The molecule has 0 amide bonds. The molecular weight excluding hydrogens is 739 g/mol. The van der Waals surface area contributed by atoms with Crippen LogP contribution in [-0.4, -0.2) is 0 Å². The monoisotopic (exact) mass is 779 g/mol. The van der Waals surface area contributed by atoms with E-state index in [1.54, 1.807) is 0 Å². The third-order valence-corrected chi connectivity index (χ3v) is 13.0. The van der Waals surface area contributed by atoms with Gasteiger partial charge in [-0.3, -0.25) is 0 Å². The highest BCUT2D eigenvalue weighted by atomic mass is 16.3. The van der Waals surface area contributed by atoms with Crippen molar-refractivity contribution < 1.29 is 4.42 Å². The van der Waals surface area contributed by atoms with Gasteiger partial charge < -0.3 is 9.32 Å². The Hall–Kier alpha value is -7.68. The molecule has 10 aromatic carbocycles. The van der Waals surface area contributed by atoms with Crippen molar-refractivity contribution in [1.82, 2.24) is 0 Å². The third-order valence-electron chi connectivity index (χ3n) is 13.0. The summed E-state index contributed by atoms with van der Waals surface area (Å²) >= 11 is 0. The number of nitrogens with zero attached hydrogens (tertiary/aromatic N) is 1. The van der Waals surface area contributed by atoms with E-state index in [0.717, 1.165) is 61.3 Å². The van der Waals surface area contributed by atoms with E-state index in [-0.39, 0.29) is 5.41 Å². The van der Waals surface area contributed by atoms with Gasteiger partial charge in [-0.25, -0.2) is 0 Å². The number of benzene rings is 10. The van der Waals surface area contributed by atoms with Gasteiger partial charge in [0.1, 0.15) is 11.2 Å². The molecule has 0 atom stereocenters. The molecule has 1 heterocycles. The fourth-order valence-corrected chi connectivity index (χ4v) is 10.0. The Kier molecular flexibility index (Phi) is 7.92. The molecule has 288 valence electrons. The second-order valence-corrected chi connectivity index (χ2v) is 16.9. The van der Waals surface area contributed by atoms with Crippen molar-refractivity contribution in [2.24, 2.45) is 0 Å². The second-order valence-electron chi connectivity index (χ2n) is 16.9. The van der Waals surface area contributed by atoms with Crippen LogP contribution in [0.4, 0.5) is 17.1 Å². The predicted octanol–water partition coefficient (Wildman–Crippen LogP) is 16.7. The van der Waals surface area contributed by atoms with E-state index >= 15 is 0 Å². The van der Waals surface area contributed by atoms with Crippen molar-refractivity contribution >= 4 is 60.5 Å². The van der Waals surface area contributed by atoms with Crippen LogP contribution in [0.25, 0.3) is 88.0 Å². The average molecular weight is 780 g/mol. The van der Waals surface area contributed by atoms with Gasteiger partial charge in [-0.1, -0.05) is 172 Å². The lowest BCUT2D eigenvalue weighted by Crippen LogP contribution is -2.17. The fourth-order valence-electron chi connectivity index (χ4n) is 10.0. The first-order chi connectivity index (χ1) is 30.0. The van der Waals surface area contributed by atoms with Gasteiger partial charge >= 0.3 is 0 Å². The largest absolute Gasteiger partial charge is 0.456 e. The lowest BCUT2D eigenvalue weighted by atomic mass is 9.82. The molecule has 11 aromatic rings. The maximum absolute atomic E-state index is 6.63. The molecule has 0 saturated carbocycles. The van der Waals surface area contributed by atoms with Crippen LogP contribution < -0.4 is 4.90 Å². The Balaban J connectivity index is 1.21. The number of furan rings is 1. The predicted molar refractivity (Wildman–Crippen MR) is 257 cm³/mol. The smallest absolute Gasteiger partial charge is 0.137 e. The first-order valence-corrected chi connectivity index (χ1v) is 21.2. The maximum Gasteiger partial charge on any atom is 0.137 e. The molecule has 0 spiro atoms. The van der Waals surface area contributed by atoms with Gasteiger partial charge in [0.2, 0.25) is 0 Å². The minimum atomic E-state index is -0.183. The van der Waals surface area contributed by atoms with E-state index in [9.17, 15) is 0 Å². The Morgan fingerprint density at radius 3 is 1.84 bits per heavy atom. The van der Waals surface area contributed by atoms with Crippen LogP contribution >= 0.6 is 0 Å². The highest BCUT2D eigenvalue weighted by Gasteiger charge is 2.36. The molecule has 0 saturated heterocycles. The van der Waals surface area contributed by atoms with Gasteiger partial charge in [0, 0.05) is 44.8 Å². The van der Waals surface area contributed by atoms with Crippen molar-refractivity contribution in [2.75, 3.05) is 4.90 Å². The lowest BCUT2D eigenvalue weighted by molar-refractivity contribution is 0.660. The average Bonchev–Trinajstić information content (AvgIpc) is 3.80. The second kappa shape index (κ2) is 13.7. The van der Waals surface area contributed by atoms with Crippen molar-refractivity contribution in [2.45, 2.75) is 19.3 Å². The Morgan fingerprint density at radius 2 is 0.967 bits per heavy atom. The molecule has 0 bridgehead atoms. The van der Waals surface area contributed by atoms with Gasteiger partial charge in [-0.05, 0) is 115 Å². The van der Waals surface area contributed by atoms with E-state index in [0.29, 0.717) is 0 Å². The van der Waals surface area contributed by atoms with Gasteiger partial charge in [0.25, 0.3) is 0 Å².